The molecule has 112 valence electrons. The van der Waals surface area contributed by atoms with Gasteiger partial charge in [-0.05, 0) is 31.3 Å². The zero-order valence-electron chi connectivity index (χ0n) is 11.6. The van der Waals surface area contributed by atoms with Crippen molar-refractivity contribution in [1.29, 1.82) is 0 Å². The molecule has 0 amide bonds. The van der Waals surface area contributed by atoms with Crippen LogP contribution in [0.1, 0.15) is 23.4 Å². The van der Waals surface area contributed by atoms with Gasteiger partial charge in [0.2, 0.25) is 5.88 Å². The fraction of sp³-hybridized carbons (Fsp3) is 0.133. The number of rotatable bonds is 3. The summed E-state index contributed by atoms with van der Waals surface area (Å²) in [6.07, 6.45) is 5.41. The molecular formula is C15H12N2O3S2. The minimum Gasteiger partial charge on any atom is -0.493 e. The number of fused-ring (bicyclic) bond motifs is 1. The molecule has 1 aliphatic rings. The van der Waals surface area contributed by atoms with Crippen LogP contribution in [0.3, 0.4) is 0 Å². The molecule has 7 heteroatoms. The summed E-state index contributed by atoms with van der Waals surface area (Å²) in [6.45, 7) is 1.48. The quantitative estimate of drug-likeness (QED) is 0.844. The van der Waals surface area contributed by atoms with E-state index < -0.39 is 12.0 Å². The third-order valence-electron chi connectivity index (χ3n) is 3.43. The number of benzene rings is 1. The van der Waals surface area contributed by atoms with Crippen molar-refractivity contribution in [3.63, 3.8) is 0 Å². The monoisotopic (exact) mass is 332 g/mol. The number of aromatic hydroxyl groups is 1. The molecule has 1 aromatic heterocycles. The minimum atomic E-state index is -1.05. The first-order valence-corrected chi connectivity index (χ1v) is 7.74. The van der Waals surface area contributed by atoms with E-state index in [1.54, 1.807) is 12.3 Å². The van der Waals surface area contributed by atoms with Crippen LogP contribution in [-0.2, 0) is 4.79 Å². The van der Waals surface area contributed by atoms with Gasteiger partial charge in [-0.1, -0.05) is 18.2 Å². The normalized spacial score (nSPS) is 14.7. The molecule has 0 radical (unpaired) electrons. The molecule has 0 fully saturated rings. The number of nitrogens with zero attached hydrogens (tertiary/aromatic N) is 2. The molecule has 3 rings (SSSR count). The van der Waals surface area contributed by atoms with Gasteiger partial charge in [-0.25, -0.2) is 4.79 Å². The Kier molecular flexibility index (Phi) is 3.67. The summed E-state index contributed by atoms with van der Waals surface area (Å²) in [5, 5.41) is 21.1. The molecule has 0 bridgehead atoms. The summed E-state index contributed by atoms with van der Waals surface area (Å²) in [5.41, 5.74) is 1.01. The van der Waals surface area contributed by atoms with Gasteiger partial charge in [0.25, 0.3) is 0 Å². The summed E-state index contributed by atoms with van der Waals surface area (Å²) < 4.78 is 1.56. The van der Waals surface area contributed by atoms with Crippen LogP contribution in [0.5, 0.6) is 5.88 Å². The molecule has 0 spiro atoms. The molecule has 2 N–H and O–H groups in total. The summed E-state index contributed by atoms with van der Waals surface area (Å²) in [4.78, 5) is 15.9. The van der Waals surface area contributed by atoms with Gasteiger partial charge < -0.3 is 10.2 Å². The van der Waals surface area contributed by atoms with Crippen molar-refractivity contribution in [2.45, 2.75) is 13.0 Å². The number of aliphatic carboxylic acids is 1. The number of hydrogen-bond acceptors (Lipinski definition) is 5. The van der Waals surface area contributed by atoms with Crippen LogP contribution < -0.4 is 10.6 Å². The van der Waals surface area contributed by atoms with Crippen LogP contribution in [0.4, 0.5) is 0 Å². The van der Waals surface area contributed by atoms with Crippen LogP contribution in [-0.4, -0.2) is 20.7 Å². The smallest absolute Gasteiger partial charge is 0.326 e. The average molecular weight is 332 g/mol. The van der Waals surface area contributed by atoms with Crippen LogP contribution in [0, 0.1) is 3.95 Å². The van der Waals surface area contributed by atoms with Crippen LogP contribution >= 0.6 is 23.6 Å². The first-order chi connectivity index (χ1) is 10.5. The van der Waals surface area contributed by atoms with Gasteiger partial charge in [0.05, 0.1) is 10.2 Å². The molecule has 2 aromatic rings. The fourth-order valence-corrected chi connectivity index (χ4v) is 3.67. The third-order valence-corrected chi connectivity index (χ3v) is 4.77. The molecule has 22 heavy (non-hydrogen) atoms. The average Bonchev–Trinajstić information content (AvgIpc) is 3.04. The molecule has 2 heterocycles. The van der Waals surface area contributed by atoms with Crippen LogP contribution in [0.15, 0.2) is 29.4 Å². The van der Waals surface area contributed by atoms with Crippen molar-refractivity contribution in [2.75, 3.05) is 0 Å². The summed E-state index contributed by atoms with van der Waals surface area (Å²) in [5.74, 6) is -1.18. The van der Waals surface area contributed by atoms with E-state index in [-0.39, 0.29) is 5.88 Å². The summed E-state index contributed by atoms with van der Waals surface area (Å²) in [7, 11) is 0. The zero-order valence-corrected chi connectivity index (χ0v) is 13.2. The molecule has 0 aliphatic carbocycles. The fourth-order valence-electron chi connectivity index (χ4n) is 2.25. The van der Waals surface area contributed by atoms with E-state index in [1.807, 2.05) is 24.3 Å². The van der Waals surface area contributed by atoms with Crippen molar-refractivity contribution >= 4 is 41.7 Å². The third kappa shape index (κ3) is 2.38. The Morgan fingerprint density at radius 3 is 3.00 bits per heavy atom. The first kappa shape index (κ1) is 14.7. The Labute approximate surface area is 134 Å². The van der Waals surface area contributed by atoms with E-state index in [4.69, 9.17) is 17.3 Å². The number of carbonyl (C=O) groups is 1. The molecule has 1 atom stereocenters. The van der Waals surface area contributed by atoms with Crippen molar-refractivity contribution in [2.24, 2.45) is 4.99 Å². The van der Waals surface area contributed by atoms with Crippen molar-refractivity contribution in [3.05, 3.63) is 49.4 Å². The van der Waals surface area contributed by atoms with Gasteiger partial charge in [-0.3, -0.25) is 9.56 Å². The molecule has 1 aliphatic heterocycles. The van der Waals surface area contributed by atoms with E-state index in [2.05, 4.69) is 4.99 Å². The topological polar surface area (TPSA) is 74.8 Å². The van der Waals surface area contributed by atoms with E-state index in [9.17, 15) is 9.90 Å². The number of hydrogen-bond donors (Lipinski definition) is 2. The van der Waals surface area contributed by atoms with Gasteiger partial charge in [-0.15, -0.1) is 11.3 Å². The first-order valence-electron chi connectivity index (χ1n) is 6.51. The highest BCUT2D eigenvalue weighted by Gasteiger charge is 2.20. The van der Waals surface area contributed by atoms with Crippen molar-refractivity contribution in [3.8, 4) is 5.88 Å². The van der Waals surface area contributed by atoms with E-state index in [1.165, 1.54) is 22.8 Å². The summed E-state index contributed by atoms with van der Waals surface area (Å²) in [6, 6.07) is 4.84. The number of thiazole rings is 1. The predicted octanol–water partition coefficient (Wildman–Crippen LogP) is 2.06. The van der Waals surface area contributed by atoms with E-state index >= 15 is 0 Å². The van der Waals surface area contributed by atoms with Gasteiger partial charge in [0.1, 0.15) is 6.04 Å². The lowest BCUT2D eigenvalue weighted by Gasteiger charge is -2.08. The van der Waals surface area contributed by atoms with Crippen molar-refractivity contribution in [1.82, 2.24) is 4.57 Å². The highest BCUT2D eigenvalue weighted by molar-refractivity contribution is 7.73. The Bertz CT molecular complexity index is 970. The Balaban J connectivity index is 2.19. The number of carboxylic acids is 1. The zero-order chi connectivity index (χ0) is 15.9. The van der Waals surface area contributed by atoms with Gasteiger partial charge in [0, 0.05) is 17.0 Å². The second-order valence-corrected chi connectivity index (χ2v) is 6.49. The predicted molar refractivity (Wildman–Crippen MR) is 87.0 cm³/mol. The second-order valence-electron chi connectivity index (χ2n) is 4.81. The lowest BCUT2D eigenvalue weighted by atomic mass is 10.1. The van der Waals surface area contributed by atoms with Crippen molar-refractivity contribution < 1.29 is 15.0 Å². The standard InChI is InChI=1S/C15H12N2O3S2/c1-8(14(19)20)17-13(18)11(22-15(17)21)7-10-4-2-3-9-5-6-16-12(9)10/h2-8,18H,1H3,(H,19,20)/b10-7+. The molecule has 0 saturated carbocycles. The molecule has 0 saturated heterocycles. The Morgan fingerprint density at radius 2 is 2.27 bits per heavy atom. The largest absolute Gasteiger partial charge is 0.493 e. The maximum absolute atomic E-state index is 11.1. The number of para-hydroxylation sites is 1. The number of carboxylic acid groups (broad SMARTS) is 1. The van der Waals surface area contributed by atoms with E-state index in [0.717, 1.165) is 16.1 Å². The van der Waals surface area contributed by atoms with Gasteiger partial charge in [0.15, 0.2) is 3.95 Å². The molecule has 1 unspecified atom stereocenters. The highest BCUT2D eigenvalue weighted by Crippen LogP contribution is 2.30. The maximum Gasteiger partial charge on any atom is 0.326 e. The summed E-state index contributed by atoms with van der Waals surface area (Å²) >= 11 is 6.35. The van der Waals surface area contributed by atoms with E-state index in [0.29, 0.717) is 8.83 Å². The van der Waals surface area contributed by atoms with Gasteiger partial charge in [-0.2, -0.15) is 0 Å². The molecular weight excluding hydrogens is 320 g/mol. The highest BCUT2D eigenvalue weighted by atomic mass is 32.1. The number of aromatic nitrogens is 1. The second kappa shape index (κ2) is 5.51. The lowest BCUT2D eigenvalue weighted by molar-refractivity contribution is -0.140. The lowest BCUT2D eigenvalue weighted by Crippen LogP contribution is -2.25. The molecule has 5 nitrogen and oxygen atoms in total. The minimum absolute atomic E-state index is 0.131. The molecule has 1 aromatic carbocycles. The maximum atomic E-state index is 11.1. The Morgan fingerprint density at radius 1 is 1.50 bits per heavy atom. The van der Waals surface area contributed by atoms with Crippen LogP contribution in [0.25, 0.3) is 12.2 Å². The Hall–Kier alpha value is -2.25. The van der Waals surface area contributed by atoms with Crippen LogP contribution in [0.2, 0.25) is 0 Å². The SMILES string of the molecule is CC(C(=O)O)n1c(O)c(/C=c2\cccc3c2=NC=C3)sc1=S. The van der Waals surface area contributed by atoms with Gasteiger partial charge >= 0.3 is 5.97 Å².